The lowest BCUT2D eigenvalue weighted by molar-refractivity contribution is -0.124. The maximum Gasteiger partial charge on any atom is 0.243 e. The summed E-state index contributed by atoms with van der Waals surface area (Å²) >= 11 is 1.61. The molecule has 0 bridgehead atoms. The van der Waals surface area contributed by atoms with Gasteiger partial charge < -0.3 is 10.6 Å². The van der Waals surface area contributed by atoms with Crippen molar-refractivity contribution in [2.45, 2.75) is 12.8 Å². The summed E-state index contributed by atoms with van der Waals surface area (Å²) in [6, 6.07) is 11.2. The summed E-state index contributed by atoms with van der Waals surface area (Å²) in [6.07, 6.45) is 4.62. The number of nitrogens with one attached hydrogen (secondary N) is 2. The van der Waals surface area contributed by atoms with Crippen LogP contribution in [-0.2, 0) is 16.0 Å². The molecule has 0 aliphatic carbocycles. The largest absolute Gasteiger partial charge is 0.347 e. The number of anilines is 1. The third kappa shape index (κ3) is 5.02. The zero-order chi connectivity index (χ0) is 17.5. The minimum atomic E-state index is -0.254. The van der Waals surface area contributed by atoms with Crippen molar-refractivity contribution in [3.63, 3.8) is 0 Å². The van der Waals surface area contributed by atoms with Crippen molar-refractivity contribution < 1.29 is 9.59 Å². The number of benzene rings is 1. The number of nitrogens with zero attached hydrogens (tertiary/aromatic N) is 2. The van der Waals surface area contributed by atoms with Crippen LogP contribution in [0, 0.1) is 0 Å². The van der Waals surface area contributed by atoms with Crippen molar-refractivity contribution in [1.29, 1.82) is 0 Å². The Morgan fingerprint density at radius 3 is 2.64 bits per heavy atom. The van der Waals surface area contributed by atoms with E-state index in [9.17, 15) is 9.59 Å². The molecule has 7 heteroatoms. The van der Waals surface area contributed by atoms with Gasteiger partial charge in [-0.05, 0) is 59.1 Å². The van der Waals surface area contributed by atoms with Gasteiger partial charge in [0, 0.05) is 24.5 Å². The van der Waals surface area contributed by atoms with Crippen LogP contribution >= 0.6 is 11.3 Å². The number of rotatable bonds is 7. The topological polar surface area (TPSA) is 76.0 Å². The summed E-state index contributed by atoms with van der Waals surface area (Å²) in [5, 5.41) is 13.5. The van der Waals surface area contributed by atoms with Gasteiger partial charge in [-0.15, -0.1) is 0 Å². The molecule has 0 saturated heterocycles. The Labute approximate surface area is 149 Å². The SMILES string of the molecule is O=C(CCc1ccsc1)NCC(=O)Nc1ccc(-n2cccn2)cc1. The highest BCUT2D eigenvalue weighted by Gasteiger charge is 2.07. The van der Waals surface area contributed by atoms with Crippen LogP contribution in [0.25, 0.3) is 5.69 Å². The summed E-state index contributed by atoms with van der Waals surface area (Å²) in [5.74, 6) is -0.383. The molecule has 0 aliphatic rings. The molecule has 2 heterocycles. The van der Waals surface area contributed by atoms with Crippen molar-refractivity contribution in [2.24, 2.45) is 0 Å². The maximum atomic E-state index is 11.9. The number of amides is 2. The summed E-state index contributed by atoms with van der Waals surface area (Å²) in [6.45, 7) is -0.0383. The van der Waals surface area contributed by atoms with E-state index in [1.807, 2.05) is 41.2 Å². The first-order valence-electron chi connectivity index (χ1n) is 7.88. The van der Waals surface area contributed by atoms with Crippen LogP contribution in [0.4, 0.5) is 5.69 Å². The highest BCUT2D eigenvalue weighted by molar-refractivity contribution is 7.07. The molecule has 0 aliphatic heterocycles. The first-order chi connectivity index (χ1) is 12.2. The Balaban J connectivity index is 1.42. The van der Waals surface area contributed by atoms with Gasteiger partial charge in [0.25, 0.3) is 0 Å². The van der Waals surface area contributed by atoms with E-state index >= 15 is 0 Å². The zero-order valence-electron chi connectivity index (χ0n) is 13.5. The molecule has 2 N–H and O–H groups in total. The van der Waals surface area contributed by atoms with Gasteiger partial charge in [-0.1, -0.05) is 0 Å². The van der Waals surface area contributed by atoms with Crippen LogP contribution in [0.3, 0.4) is 0 Å². The minimum Gasteiger partial charge on any atom is -0.347 e. The first-order valence-corrected chi connectivity index (χ1v) is 8.83. The molecule has 0 atom stereocenters. The molecule has 3 aromatic rings. The Morgan fingerprint density at radius 1 is 1.12 bits per heavy atom. The molecule has 1 aromatic carbocycles. The number of hydrogen-bond donors (Lipinski definition) is 2. The molecule has 0 fully saturated rings. The summed E-state index contributed by atoms with van der Waals surface area (Å²) in [7, 11) is 0. The van der Waals surface area contributed by atoms with Gasteiger partial charge >= 0.3 is 0 Å². The van der Waals surface area contributed by atoms with Gasteiger partial charge in [-0.2, -0.15) is 16.4 Å². The van der Waals surface area contributed by atoms with Crippen molar-refractivity contribution in [3.8, 4) is 5.69 Å². The normalized spacial score (nSPS) is 10.4. The van der Waals surface area contributed by atoms with E-state index < -0.39 is 0 Å². The molecule has 0 radical (unpaired) electrons. The number of carbonyl (C=O) groups excluding carboxylic acids is 2. The predicted octanol–water partition coefficient (Wildman–Crippen LogP) is 2.62. The minimum absolute atomic E-state index is 0.0383. The van der Waals surface area contributed by atoms with Gasteiger partial charge in [-0.3, -0.25) is 9.59 Å². The van der Waals surface area contributed by atoms with Crippen LogP contribution in [0.5, 0.6) is 0 Å². The fourth-order valence-corrected chi connectivity index (χ4v) is 2.99. The maximum absolute atomic E-state index is 11.9. The van der Waals surface area contributed by atoms with E-state index in [4.69, 9.17) is 0 Å². The first kappa shape index (κ1) is 16.9. The number of aromatic nitrogens is 2. The molecule has 25 heavy (non-hydrogen) atoms. The lowest BCUT2D eigenvalue weighted by Gasteiger charge is -2.08. The average Bonchev–Trinajstić information content (AvgIpc) is 3.32. The number of thiophene rings is 1. The predicted molar refractivity (Wildman–Crippen MR) is 97.8 cm³/mol. The Bertz CT molecular complexity index is 811. The van der Waals surface area contributed by atoms with Crippen LogP contribution in [0.1, 0.15) is 12.0 Å². The highest BCUT2D eigenvalue weighted by atomic mass is 32.1. The zero-order valence-corrected chi connectivity index (χ0v) is 14.3. The second-order valence-electron chi connectivity index (χ2n) is 5.45. The third-order valence-electron chi connectivity index (χ3n) is 3.59. The number of carbonyl (C=O) groups is 2. The summed E-state index contributed by atoms with van der Waals surface area (Å²) in [4.78, 5) is 23.7. The van der Waals surface area contributed by atoms with E-state index in [0.29, 0.717) is 18.5 Å². The Morgan fingerprint density at radius 2 is 1.96 bits per heavy atom. The molecule has 128 valence electrons. The highest BCUT2D eigenvalue weighted by Crippen LogP contribution is 2.12. The fraction of sp³-hybridized carbons (Fsp3) is 0.167. The molecular formula is C18H18N4O2S. The smallest absolute Gasteiger partial charge is 0.243 e. The molecule has 0 spiro atoms. The van der Waals surface area contributed by atoms with Crippen LogP contribution in [0.15, 0.2) is 59.6 Å². The van der Waals surface area contributed by atoms with E-state index in [1.165, 1.54) is 0 Å². The molecule has 0 unspecified atom stereocenters. The number of hydrogen-bond acceptors (Lipinski definition) is 4. The van der Waals surface area contributed by atoms with E-state index in [-0.39, 0.29) is 18.4 Å². The average molecular weight is 354 g/mol. The van der Waals surface area contributed by atoms with Gasteiger partial charge in [-0.25, -0.2) is 4.68 Å². The standard InChI is InChI=1S/C18H18N4O2S/c23-17(7-2-14-8-11-25-13-14)19-12-18(24)21-15-3-5-16(6-4-15)22-10-1-9-20-22/h1,3-6,8-11,13H,2,7,12H2,(H,19,23)(H,21,24). The van der Waals surface area contributed by atoms with Gasteiger partial charge in [0.2, 0.25) is 11.8 Å². The number of aryl methyl sites for hydroxylation is 1. The Hall–Kier alpha value is -2.93. The lowest BCUT2D eigenvalue weighted by Crippen LogP contribution is -2.32. The van der Waals surface area contributed by atoms with Crippen LogP contribution < -0.4 is 10.6 Å². The molecule has 2 aromatic heterocycles. The van der Waals surface area contributed by atoms with Crippen molar-refractivity contribution in [1.82, 2.24) is 15.1 Å². The van der Waals surface area contributed by atoms with Gasteiger partial charge in [0.15, 0.2) is 0 Å². The van der Waals surface area contributed by atoms with Crippen molar-refractivity contribution in [3.05, 3.63) is 65.1 Å². The van der Waals surface area contributed by atoms with E-state index in [2.05, 4.69) is 15.7 Å². The van der Waals surface area contributed by atoms with E-state index in [1.54, 1.807) is 34.3 Å². The van der Waals surface area contributed by atoms with Gasteiger partial charge in [0.1, 0.15) is 0 Å². The lowest BCUT2D eigenvalue weighted by atomic mass is 10.2. The molecule has 6 nitrogen and oxygen atoms in total. The monoisotopic (exact) mass is 354 g/mol. The summed E-state index contributed by atoms with van der Waals surface area (Å²) < 4.78 is 1.74. The van der Waals surface area contributed by atoms with E-state index in [0.717, 1.165) is 11.3 Å². The van der Waals surface area contributed by atoms with Crippen molar-refractivity contribution in [2.75, 3.05) is 11.9 Å². The fourth-order valence-electron chi connectivity index (χ4n) is 2.28. The van der Waals surface area contributed by atoms with Crippen LogP contribution in [-0.4, -0.2) is 28.1 Å². The molecule has 2 amide bonds. The second-order valence-corrected chi connectivity index (χ2v) is 6.23. The quantitative estimate of drug-likeness (QED) is 0.685. The van der Waals surface area contributed by atoms with Gasteiger partial charge in [0.05, 0.1) is 12.2 Å². The Kier molecular flexibility index (Phi) is 5.58. The molecule has 3 rings (SSSR count). The third-order valence-corrected chi connectivity index (χ3v) is 4.32. The molecular weight excluding hydrogens is 336 g/mol. The molecule has 0 saturated carbocycles. The van der Waals surface area contributed by atoms with Crippen molar-refractivity contribution >= 4 is 28.8 Å². The summed E-state index contributed by atoms with van der Waals surface area (Å²) in [5.41, 5.74) is 2.72. The second kappa shape index (κ2) is 8.25. The van der Waals surface area contributed by atoms with Crippen LogP contribution in [0.2, 0.25) is 0 Å².